The van der Waals surface area contributed by atoms with Crippen LogP contribution in [0.4, 0.5) is 0 Å². The van der Waals surface area contributed by atoms with Crippen LogP contribution in [0.1, 0.15) is 0 Å². The molecule has 13 heavy (non-hydrogen) atoms. The van der Waals surface area contributed by atoms with Crippen LogP contribution in [0.2, 0.25) is 0 Å². The standard InChI is InChI=1S/C5H12O4.C3H7N/c6-1-5(2-7,3-8)4-9;1-2-3-4/h6-9H,1-4H2;2H,1,3-4H2. The summed E-state index contributed by atoms with van der Waals surface area (Å²) in [6, 6.07) is 0. The van der Waals surface area contributed by atoms with Gasteiger partial charge in [0.05, 0.1) is 31.8 Å². The fourth-order valence-corrected chi connectivity index (χ4v) is 0.300. The van der Waals surface area contributed by atoms with E-state index in [2.05, 4.69) is 6.58 Å². The molecule has 6 N–H and O–H groups in total. The van der Waals surface area contributed by atoms with Gasteiger partial charge in [0, 0.05) is 6.54 Å². The maximum atomic E-state index is 8.50. The van der Waals surface area contributed by atoms with E-state index in [0.29, 0.717) is 6.54 Å². The third-order valence-electron chi connectivity index (χ3n) is 1.51. The van der Waals surface area contributed by atoms with Crippen LogP contribution in [-0.4, -0.2) is 53.4 Å². The van der Waals surface area contributed by atoms with Crippen molar-refractivity contribution in [2.45, 2.75) is 0 Å². The third kappa shape index (κ3) is 6.68. The Morgan fingerprint density at radius 2 is 1.23 bits per heavy atom. The lowest BCUT2D eigenvalue weighted by Crippen LogP contribution is -2.37. The van der Waals surface area contributed by atoms with Crippen molar-refractivity contribution in [2.24, 2.45) is 11.1 Å². The van der Waals surface area contributed by atoms with E-state index >= 15 is 0 Å². The average Bonchev–Trinajstić information content (AvgIpc) is 2.23. The maximum absolute atomic E-state index is 8.50. The van der Waals surface area contributed by atoms with Gasteiger partial charge in [-0.2, -0.15) is 0 Å². The first-order chi connectivity index (χ1) is 6.16. The monoisotopic (exact) mass is 193 g/mol. The Balaban J connectivity index is 0. The van der Waals surface area contributed by atoms with Gasteiger partial charge in [-0.05, 0) is 0 Å². The van der Waals surface area contributed by atoms with Gasteiger partial charge in [-0.25, -0.2) is 0 Å². The van der Waals surface area contributed by atoms with Crippen LogP contribution in [0, 0.1) is 5.41 Å². The molecule has 0 aliphatic carbocycles. The smallest absolute Gasteiger partial charge is 0.0627 e. The van der Waals surface area contributed by atoms with Gasteiger partial charge in [0.2, 0.25) is 0 Å². The highest BCUT2D eigenvalue weighted by atomic mass is 16.3. The quantitative estimate of drug-likeness (QED) is 0.327. The summed E-state index contributed by atoms with van der Waals surface area (Å²) in [6.07, 6.45) is 1.65. The first kappa shape index (κ1) is 15.0. The second kappa shape index (κ2) is 9.63. The highest BCUT2D eigenvalue weighted by molar-refractivity contribution is 4.74. The van der Waals surface area contributed by atoms with Crippen LogP contribution in [0.15, 0.2) is 12.7 Å². The van der Waals surface area contributed by atoms with Crippen molar-refractivity contribution >= 4 is 0 Å². The molecule has 0 saturated heterocycles. The zero-order chi connectivity index (χ0) is 10.7. The Morgan fingerprint density at radius 1 is 1.00 bits per heavy atom. The van der Waals surface area contributed by atoms with Crippen molar-refractivity contribution in [3.8, 4) is 0 Å². The lowest BCUT2D eigenvalue weighted by atomic mass is 9.93. The minimum atomic E-state index is -1.11. The second-order valence-corrected chi connectivity index (χ2v) is 2.66. The molecule has 0 aromatic rings. The van der Waals surface area contributed by atoms with Crippen LogP contribution in [0.25, 0.3) is 0 Å². The molecule has 0 heterocycles. The first-order valence-corrected chi connectivity index (χ1v) is 3.90. The number of hydrogen-bond acceptors (Lipinski definition) is 5. The molecule has 0 aromatic carbocycles. The summed E-state index contributed by atoms with van der Waals surface area (Å²) < 4.78 is 0. The Morgan fingerprint density at radius 3 is 1.23 bits per heavy atom. The van der Waals surface area contributed by atoms with E-state index in [1.165, 1.54) is 0 Å². The SMILES string of the molecule is C=CCN.OCC(CO)(CO)CO. The molecular weight excluding hydrogens is 174 g/mol. The summed E-state index contributed by atoms with van der Waals surface area (Å²) in [5, 5.41) is 34.0. The van der Waals surface area contributed by atoms with Gasteiger partial charge in [-0.15, -0.1) is 6.58 Å². The fourth-order valence-electron chi connectivity index (χ4n) is 0.300. The van der Waals surface area contributed by atoms with E-state index < -0.39 is 31.8 Å². The second-order valence-electron chi connectivity index (χ2n) is 2.66. The van der Waals surface area contributed by atoms with Gasteiger partial charge < -0.3 is 26.2 Å². The zero-order valence-electron chi connectivity index (χ0n) is 7.69. The van der Waals surface area contributed by atoms with E-state index in [1.807, 2.05) is 0 Å². The minimum absolute atomic E-state index is 0.406. The topological polar surface area (TPSA) is 107 Å². The fraction of sp³-hybridized carbons (Fsp3) is 0.750. The van der Waals surface area contributed by atoms with Crippen molar-refractivity contribution in [1.82, 2.24) is 0 Å². The molecule has 0 spiro atoms. The molecule has 0 aliphatic heterocycles. The molecule has 0 aliphatic rings. The van der Waals surface area contributed by atoms with Gasteiger partial charge in [0.1, 0.15) is 0 Å². The molecule has 0 amide bonds. The molecule has 80 valence electrons. The number of aliphatic hydroxyl groups excluding tert-OH is 4. The van der Waals surface area contributed by atoms with Crippen LogP contribution in [0.5, 0.6) is 0 Å². The summed E-state index contributed by atoms with van der Waals surface area (Å²) in [5.74, 6) is 0. The molecule has 0 rings (SSSR count). The van der Waals surface area contributed by atoms with Crippen molar-refractivity contribution in [3.63, 3.8) is 0 Å². The van der Waals surface area contributed by atoms with E-state index in [9.17, 15) is 0 Å². The van der Waals surface area contributed by atoms with Crippen molar-refractivity contribution in [1.29, 1.82) is 0 Å². The number of nitrogens with two attached hydrogens (primary N) is 1. The Kier molecular flexibility index (Phi) is 11.1. The molecule has 0 aromatic heterocycles. The molecule has 5 heteroatoms. The molecule has 0 radical (unpaired) electrons. The molecule has 0 atom stereocenters. The van der Waals surface area contributed by atoms with Gasteiger partial charge in [0.15, 0.2) is 0 Å². The summed E-state index contributed by atoms with van der Waals surface area (Å²) in [5.41, 5.74) is 3.80. The van der Waals surface area contributed by atoms with Crippen LogP contribution < -0.4 is 5.73 Å². The normalized spacial score (nSPS) is 10.2. The van der Waals surface area contributed by atoms with Crippen molar-refractivity contribution in [2.75, 3.05) is 33.0 Å². The van der Waals surface area contributed by atoms with E-state index in [0.717, 1.165) is 0 Å². The van der Waals surface area contributed by atoms with Crippen LogP contribution in [0.3, 0.4) is 0 Å². The van der Waals surface area contributed by atoms with E-state index in [4.69, 9.17) is 26.2 Å². The third-order valence-corrected chi connectivity index (χ3v) is 1.51. The number of hydrogen-bond donors (Lipinski definition) is 5. The predicted molar refractivity (Wildman–Crippen MR) is 50.0 cm³/mol. The van der Waals surface area contributed by atoms with Gasteiger partial charge in [-0.3, -0.25) is 0 Å². The van der Waals surface area contributed by atoms with Gasteiger partial charge in [0.25, 0.3) is 0 Å². The largest absolute Gasteiger partial charge is 0.396 e. The molecule has 0 fully saturated rings. The van der Waals surface area contributed by atoms with Crippen molar-refractivity contribution in [3.05, 3.63) is 12.7 Å². The molecule has 5 nitrogen and oxygen atoms in total. The van der Waals surface area contributed by atoms with Crippen molar-refractivity contribution < 1.29 is 20.4 Å². The predicted octanol–water partition coefficient (Wildman–Crippen LogP) is -1.93. The molecular formula is C8H19NO4. The zero-order valence-corrected chi connectivity index (χ0v) is 7.69. The van der Waals surface area contributed by atoms with Crippen LogP contribution >= 0.6 is 0 Å². The van der Waals surface area contributed by atoms with Crippen LogP contribution in [-0.2, 0) is 0 Å². The first-order valence-electron chi connectivity index (χ1n) is 3.90. The number of aliphatic hydroxyl groups is 4. The van der Waals surface area contributed by atoms with Gasteiger partial charge in [-0.1, -0.05) is 6.08 Å². The highest BCUT2D eigenvalue weighted by Gasteiger charge is 2.26. The highest BCUT2D eigenvalue weighted by Crippen LogP contribution is 2.11. The van der Waals surface area contributed by atoms with Gasteiger partial charge >= 0.3 is 0 Å². The molecule has 0 unspecified atom stereocenters. The minimum Gasteiger partial charge on any atom is -0.396 e. The lowest BCUT2D eigenvalue weighted by Gasteiger charge is -2.23. The summed E-state index contributed by atoms with van der Waals surface area (Å²) in [7, 11) is 0. The Hall–Kier alpha value is -0.460. The summed E-state index contributed by atoms with van der Waals surface area (Å²) >= 11 is 0. The lowest BCUT2D eigenvalue weighted by molar-refractivity contribution is -0.0328. The molecule has 0 saturated carbocycles. The average molecular weight is 193 g/mol. The number of rotatable bonds is 5. The summed E-state index contributed by atoms with van der Waals surface area (Å²) in [4.78, 5) is 0. The Bertz CT molecular complexity index is 97.2. The Labute approximate surface area is 78.1 Å². The summed E-state index contributed by atoms with van der Waals surface area (Å²) in [6.45, 7) is 2.31. The van der Waals surface area contributed by atoms with E-state index in [-0.39, 0.29) is 0 Å². The maximum Gasteiger partial charge on any atom is 0.0627 e. The molecule has 0 bridgehead atoms. The van der Waals surface area contributed by atoms with E-state index in [1.54, 1.807) is 6.08 Å².